The number of nitrogens with two attached hydrogens (primary N) is 1. The number of benzene rings is 1. The Morgan fingerprint density at radius 3 is 2.50 bits per heavy atom. The molecule has 9 heteroatoms. The number of carbonyl (C=O) groups excluding carboxylic acids is 1. The second-order valence-electron chi connectivity index (χ2n) is 10.3. The van der Waals surface area contributed by atoms with Gasteiger partial charge in [0.1, 0.15) is 17.8 Å². The Labute approximate surface area is 210 Å². The molecule has 1 aliphatic carbocycles. The fourth-order valence-electron chi connectivity index (χ4n) is 6.32. The Morgan fingerprint density at radius 1 is 1.14 bits per heavy atom. The highest BCUT2D eigenvalue weighted by Crippen LogP contribution is 2.45. The number of hydrogen-bond donors (Lipinski definition) is 1. The minimum absolute atomic E-state index is 0.0275. The predicted molar refractivity (Wildman–Crippen MR) is 138 cm³/mol. The standard InChI is InChI=1S/C27H33N7O2/c1-3-23(35)33-14-20-12-22(13-21(20)15-33)34-27-24(26(28)29-16-30-27)25(31-34)19-6-4-18(5-7-19)17(2)32-8-10-36-11-9-32/h3-7,16-17,20-22H,1,8-15H2,2H3,(H2,28,29,30). The van der Waals surface area contributed by atoms with E-state index in [-0.39, 0.29) is 11.9 Å². The quantitative estimate of drug-likeness (QED) is 0.552. The first-order valence-corrected chi connectivity index (χ1v) is 12.9. The number of nitrogens with zero attached hydrogens (tertiary/aromatic N) is 6. The summed E-state index contributed by atoms with van der Waals surface area (Å²) in [5.41, 5.74) is 10.3. The number of ether oxygens (including phenoxy) is 1. The van der Waals surface area contributed by atoms with Crippen LogP contribution < -0.4 is 5.73 Å². The molecule has 6 rings (SSSR count). The van der Waals surface area contributed by atoms with Crippen LogP contribution in [0.3, 0.4) is 0 Å². The van der Waals surface area contributed by atoms with Gasteiger partial charge in [0.2, 0.25) is 5.91 Å². The van der Waals surface area contributed by atoms with Crippen LogP contribution in [0.15, 0.2) is 43.2 Å². The average Bonchev–Trinajstić information content (AvgIpc) is 3.61. The molecule has 2 aromatic heterocycles. The van der Waals surface area contributed by atoms with E-state index in [1.807, 2.05) is 4.90 Å². The van der Waals surface area contributed by atoms with Crippen molar-refractivity contribution < 1.29 is 9.53 Å². The zero-order valence-electron chi connectivity index (χ0n) is 20.7. The van der Waals surface area contributed by atoms with Gasteiger partial charge in [-0.1, -0.05) is 30.8 Å². The van der Waals surface area contributed by atoms with Gasteiger partial charge in [-0.2, -0.15) is 5.10 Å². The molecule has 3 aromatic rings. The van der Waals surface area contributed by atoms with Gasteiger partial charge in [-0.15, -0.1) is 0 Å². The first kappa shape index (κ1) is 23.1. The zero-order valence-corrected chi connectivity index (χ0v) is 20.7. The molecule has 3 atom stereocenters. The van der Waals surface area contributed by atoms with Gasteiger partial charge in [-0.3, -0.25) is 9.69 Å². The third-order valence-corrected chi connectivity index (χ3v) is 8.34. The van der Waals surface area contributed by atoms with Gasteiger partial charge in [-0.05, 0) is 43.2 Å². The number of hydrogen-bond acceptors (Lipinski definition) is 7. The van der Waals surface area contributed by atoms with E-state index < -0.39 is 0 Å². The van der Waals surface area contributed by atoms with Crippen molar-refractivity contribution in [1.82, 2.24) is 29.5 Å². The second-order valence-corrected chi connectivity index (χ2v) is 10.3. The fourth-order valence-corrected chi connectivity index (χ4v) is 6.32. The molecule has 0 radical (unpaired) electrons. The maximum atomic E-state index is 12.1. The lowest BCUT2D eigenvalue weighted by Gasteiger charge is -2.32. The van der Waals surface area contributed by atoms with E-state index in [9.17, 15) is 4.79 Å². The molecule has 0 bridgehead atoms. The number of amides is 1. The van der Waals surface area contributed by atoms with Crippen LogP contribution in [0.4, 0.5) is 5.82 Å². The van der Waals surface area contributed by atoms with Crippen LogP contribution in [-0.4, -0.2) is 74.8 Å². The summed E-state index contributed by atoms with van der Waals surface area (Å²) in [6, 6.07) is 9.19. The molecule has 2 saturated heterocycles. The van der Waals surface area contributed by atoms with E-state index in [0.717, 1.165) is 74.5 Å². The summed E-state index contributed by atoms with van der Waals surface area (Å²) in [7, 11) is 0. The Morgan fingerprint density at radius 2 is 1.83 bits per heavy atom. The molecule has 188 valence electrons. The number of carbonyl (C=O) groups is 1. The Balaban J connectivity index is 1.28. The van der Waals surface area contributed by atoms with Gasteiger partial charge in [0, 0.05) is 37.8 Å². The van der Waals surface area contributed by atoms with E-state index in [0.29, 0.717) is 23.7 Å². The molecule has 1 saturated carbocycles. The van der Waals surface area contributed by atoms with Crippen molar-refractivity contribution in [1.29, 1.82) is 0 Å². The van der Waals surface area contributed by atoms with Crippen LogP contribution in [0, 0.1) is 11.8 Å². The molecule has 4 heterocycles. The van der Waals surface area contributed by atoms with E-state index >= 15 is 0 Å². The molecule has 2 aliphatic heterocycles. The van der Waals surface area contributed by atoms with E-state index in [1.165, 1.54) is 18.0 Å². The van der Waals surface area contributed by atoms with Crippen LogP contribution in [0.25, 0.3) is 22.3 Å². The lowest BCUT2D eigenvalue weighted by atomic mass is 10.0. The first-order valence-electron chi connectivity index (χ1n) is 12.9. The minimum Gasteiger partial charge on any atom is -0.383 e. The van der Waals surface area contributed by atoms with E-state index in [1.54, 1.807) is 0 Å². The molecule has 36 heavy (non-hydrogen) atoms. The normalized spacial score (nSPS) is 25.2. The summed E-state index contributed by atoms with van der Waals surface area (Å²) in [5.74, 6) is 1.43. The van der Waals surface area contributed by atoms with E-state index in [2.05, 4.69) is 57.3 Å². The van der Waals surface area contributed by atoms with Crippen LogP contribution in [0.1, 0.15) is 37.4 Å². The lowest BCUT2D eigenvalue weighted by Crippen LogP contribution is -2.37. The van der Waals surface area contributed by atoms with Crippen LogP contribution in [-0.2, 0) is 9.53 Å². The summed E-state index contributed by atoms with van der Waals surface area (Å²) in [6.07, 6.45) is 4.88. The molecule has 3 unspecified atom stereocenters. The summed E-state index contributed by atoms with van der Waals surface area (Å²) >= 11 is 0. The van der Waals surface area contributed by atoms with Crippen LogP contribution in [0.2, 0.25) is 0 Å². The molecule has 3 aliphatic rings. The van der Waals surface area contributed by atoms with Gasteiger partial charge < -0.3 is 15.4 Å². The summed E-state index contributed by atoms with van der Waals surface area (Å²) in [4.78, 5) is 25.3. The van der Waals surface area contributed by atoms with Crippen LogP contribution >= 0.6 is 0 Å². The smallest absolute Gasteiger partial charge is 0.245 e. The molecule has 9 nitrogen and oxygen atoms in total. The maximum Gasteiger partial charge on any atom is 0.245 e. The van der Waals surface area contributed by atoms with Crippen molar-refractivity contribution in [3.8, 4) is 11.3 Å². The van der Waals surface area contributed by atoms with Gasteiger partial charge >= 0.3 is 0 Å². The fraction of sp³-hybridized carbons (Fsp3) is 0.481. The monoisotopic (exact) mass is 487 g/mol. The largest absolute Gasteiger partial charge is 0.383 e. The molecule has 1 amide bonds. The highest BCUT2D eigenvalue weighted by Gasteiger charge is 2.43. The molecule has 1 aromatic carbocycles. The number of rotatable bonds is 5. The lowest BCUT2D eigenvalue weighted by molar-refractivity contribution is -0.125. The topological polar surface area (TPSA) is 102 Å². The number of likely N-dealkylation sites (tertiary alicyclic amines) is 1. The highest BCUT2D eigenvalue weighted by atomic mass is 16.5. The maximum absolute atomic E-state index is 12.1. The molecule has 3 fully saturated rings. The third-order valence-electron chi connectivity index (χ3n) is 8.34. The van der Waals surface area contributed by atoms with Crippen molar-refractivity contribution in [3.63, 3.8) is 0 Å². The van der Waals surface area contributed by atoms with Crippen molar-refractivity contribution in [2.24, 2.45) is 11.8 Å². The minimum atomic E-state index is 0.0275. The number of nitrogen functional groups attached to an aromatic ring is 1. The van der Waals surface area contributed by atoms with Crippen molar-refractivity contribution >= 4 is 22.8 Å². The first-order chi connectivity index (χ1) is 17.5. The number of anilines is 1. The number of morpholine rings is 1. The molecule has 2 N–H and O–H groups in total. The Bertz CT molecular complexity index is 1270. The molecular weight excluding hydrogens is 454 g/mol. The van der Waals surface area contributed by atoms with Crippen LogP contribution in [0.5, 0.6) is 0 Å². The summed E-state index contributed by atoms with van der Waals surface area (Å²) in [6.45, 7) is 10.9. The Kier molecular flexibility index (Phi) is 5.97. The number of aromatic nitrogens is 4. The van der Waals surface area contributed by atoms with Crippen molar-refractivity contribution in [2.45, 2.75) is 31.8 Å². The van der Waals surface area contributed by atoms with Gasteiger partial charge in [0.25, 0.3) is 0 Å². The van der Waals surface area contributed by atoms with Gasteiger partial charge in [0.05, 0.1) is 24.6 Å². The van der Waals surface area contributed by atoms with Gasteiger partial charge in [0.15, 0.2) is 5.65 Å². The average molecular weight is 488 g/mol. The van der Waals surface area contributed by atoms with Crippen molar-refractivity contribution in [2.75, 3.05) is 45.1 Å². The molecular formula is C27H33N7O2. The number of fused-ring (bicyclic) bond motifs is 2. The second kappa shape index (κ2) is 9.29. The highest BCUT2D eigenvalue weighted by molar-refractivity contribution is 5.98. The zero-order chi connectivity index (χ0) is 24.8. The van der Waals surface area contributed by atoms with Gasteiger partial charge in [-0.25, -0.2) is 14.6 Å². The molecule has 0 spiro atoms. The SMILES string of the molecule is C=CC(=O)N1CC2CC(n3nc(-c4ccc(C(C)N5CCOCC5)cc4)c4c(N)ncnc43)CC2C1. The Hall–Kier alpha value is -3.30. The third kappa shape index (κ3) is 3.96. The summed E-state index contributed by atoms with van der Waals surface area (Å²) < 4.78 is 7.57. The predicted octanol–water partition coefficient (Wildman–Crippen LogP) is 3.06. The summed E-state index contributed by atoms with van der Waals surface area (Å²) in [5, 5.41) is 5.89. The van der Waals surface area contributed by atoms with Crippen molar-refractivity contribution in [3.05, 3.63) is 48.8 Å². The van der Waals surface area contributed by atoms with E-state index in [4.69, 9.17) is 15.6 Å².